The first-order valence-corrected chi connectivity index (χ1v) is 10.4. The third kappa shape index (κ3) is 9.93. The van der Waals surface area contributed by atoms with E-state index in [1.54, 1.807) is 12.1 Å². The molecule has 0 aromatic heterocycles. The molecule has 0 bridgehead atoms. The third-order valence-corrected chi connectivity index (χ3v) is 4.70. The van der Waals surface area contributed by atoms with Crippen LogP contribution in [0.1, 0.15) is 18.4 Å². The molecule has 1 unspecified atom stereocenters. The quantitative estimate of drug-likeness (QED) is 0.248. The van der Waals surface area contributed by atoms with Crippen LogP contribution in [0.2, 0.25) is 0 Å². The Balaban J connectivity index is 2.79. The molecule has 0 heterocycles. The number of aromatic hydroxyl groups is 1. The Morgan fingerprint density at radius 1 is 1.10 bits per heavy atom. The van der Waals surface area contributed by atoms with Gasteiger partial charge in [-0.15, -0.1) is 0 Å². The number of ether oxygens (including phenoxy) is 1. The van der Waals surface area contributed by atoms with E-state index in [1.165, 1.54) is 13.2 Å². The molecule has 1 aromatic carbocycles. The van der Waals surface area contributed by atoms with E-state index in [4.69, 9.17) is 4.74 Å². The lowest BCUT2D eigenvalue weighted by atomic mass is 9.97. The van der Waals surface area contributed by atoms with E-state index < -0.39 is 5.92 Å². The van der Waals surface area contributed by atoms with Crippen molar-refractivity contribution in [2.45, 2.75) is 19.3 Å². The highest BCUT2D eigenvalue weighted by molar-refractivity contribution is 6.00. The fourth-order valence-corrected chi connectivity index (χ4v) is 3.01. The van der Waals surface area contributed by atoms with Crippen molar-refractivity contribution in [3.63, 3.8) is 0 Å². The average Bonchev–Trinajstić information content (AvgIpc) is 2.66. The van der Waals surface area contributed by atoms with Crippen molar-refractivity contribution in [1.29, 1.82) is 0 Å². The summed E-state index contributed by atoms with van der Waals surface area (Å²) in [4.78, 5) is 27.6. The predicted octanol–water partition coefficient (Wildman–Crippen LogP) is 0.840. The van der Waals surface area contributed by atoms with Gasteiger partial charge in [-0.3, -0.25) is 9.59 Å². The second-order valence-electron chi connectivity index (χ2n) is 8.87. The van der Waals surface area contributed by atoms with Gasteiger partial charge in [0, 0.05) is 19.5 Å². The molecule has 1 atom stereocenters. The molecule has 170 valence electrons. The van der Waals surface area contributed by atoms with E-state index in [0.29, 0.717) is 18.8 Å². The highest BCUT2D eigenvalue weighted by Gasteiger charge is 2.27. The summed E-state index contributed by atoms with van der Waals surface area (Å²) in [7, 11) is 11.7. The lowest BCUT2D eigenvalue weighted by Gasteiger charge is -2.24. The number of phenols is 1. The predicted molar refractivity (Wildman–Crippen MR) is 119 cm³/mol. The minimum absolute atomic E-state index is 0.0238. The van der Waals surface area contributed by atoms with Crippen LogP contribution in [0.25, 0.3) is 0 Å². The van der Waals surface area contributed by atoms with E-state index in [0.717, 1.165) is 36.0 Å². The molecule has 8 nitrogen and oxygen atoms in total. The van der Waals surface area contributed by atoms with Gasteiger partial charge < -0.3 is 29.9 Å². The zero-order chi connectivity index (χ0) is 22.7. The van der Waals surface area contributed by atoms with Crippen molar-refractivity contribution in [3.8, 4) is 11.5 Å². The zero-order valence-electron chi connectivity index (χ0n) is 19.3. The number of quaternary nitrogens is 1. The van der Waals surface area contributed by atoms with Gasteiger partial charge in [0.1, 0.15) is 5.92 Å². The first-order valence-electron chi connectivity index (χ1n) is 10.4. The molecule has 3 N–H and O–H groups in total. The lowest BCUT2D eigenvalue weighted by molar-refractivity contribution is -0.870. The monoisotopic (exact) mass is 423 g/mol. The fourth-order valence-electron chi connectivity index (χ4n) is 3.01. The number of amides is 2. The number of carbonyl (C=O) groups excluding carboxylic acids is 2. The summed E-state index contributed by atoms with van der Waals surface area (Å²) in [6.07, 6.45) is 1.88. The summed E-state index contributed by atoms with van der Waals surface area (Å²) in [6, 6.07) is 4.87. The van der Waals surface area contributed by atoms with Gasteiger partial charge >= 0.3 is 0 Å². The summed E-state index contributed by atoms with van der Waals surface area (Å²) < 4.78 is 5.96. The molecule has 8 heteroatoms. The van der Waals surface area contributed by atoms with Crippen molar-refractivity contribution in [2.75, 3.05) is 68.5 Å². The molecular formula is C22H39N4O4+. The Kier molecular flexibility index (Phi) is 10.6. The number of phenolic OH excluding ortho intramolecular Hbond substituents is 1. The van der Waals surface area contributed by atoms with Gasteiger partial charge in [0.05, 0.1) is 34.8 Å². The maximum Gasteiger partial charge on any atom is 0.232 e. The molecule has 0 fully saturated rings. The average molecular weight is 424 g/mol. The van der Waals surface area contributed by atoms with Gasteiger partial charge in [0.15, 0.2) is 11.5 Å². The van der Waals surface area contributed by atoms with Crippen LogP contribution in [0.5, 0.6) is 11.5 Å². The standard InChI is InChI=1S/C22H38N4O4/c1-25(2)13-7-11-23-21(28)18(22(29)24-12-8-14-26(3,4)5)15-17-9-10-19(27)20(16-17)30-6/h9-10,16,18H,7-8,11-15H2,1-6H3,(H2-,23,24,27,28,29)/p+1. The number of methoxy groups -OCH3 is 1. The minimum Gasteiger partial charge on any atom is -0.504 e. The maximum absolute atomic E-state index is 12.8. The van der Waals surface area contributed by atoms with E-state index in [-0.39, 0.29) is 24.0 Å². The van der Waals surface area contributed by atoms with Gasteiger partial charge in [-0.05, 0) is 51.2 Å². The molecule has 0 aliphatic heterocycles. The van der Waals surface area contributed by atoms with Crippen molar-refractivity contribution < 1.29 is 23.9 Å². The summed E-state index contributed by atoms with van der Waals surface area (Å²) in [5, 5.41) is 15.6. The summed E-state index contributed by atoms with van der Waals surface area (Å²) in [5.74, 6) is -1.07. The topological polar surface area (TPSA) is 90.9 Å². The van der Waals surface area contributed by atoms with Crippen LogP contribution in [0.15, 0.2) is 18.2 Å². The molecule has 0 aliphatic rings. The van der Waals surface area contributed by atoms with E-state index in [2.05, 4.69) is 31.8 Å². The molecule has 0 spiro atoms. The summed E-state index contributed by atoms with van der Waals surface area (Å²) >= 11 is 0. The van der Waals surface area contributed by atoms with E-state index in [1.807, 2.05) is 19.0 Å². The zero-order valence-corrected chi connectivity index (χ0v) is 19.3. The van der Waals surface area contributed by atoms with Crippen molar-refractivity contribution in [3.05, 3.63) is 23.8 Å². The van der Waals surface area contributed by atoms with Gasteiger partial charge in [-0.2, -0.15) is 0 Å². The molecule has 2 amide bonds. The SMILES string of the molecule is COc1cc(CC(C(=O)NCCCN(C)C)C(=O)NCCC[N+](C)(C)C)ccc1O. The van der Waals surface area contributed by atoms with E-state index >= 15 is 0 Å². The summed E-state index contributed by atoms with van der Waals surface area (Å²) in [5.41, 5.74) is 0.750. The molecule has 0 radical (unpaired) electrons. The number of rotatable bonds is 13. The van der Waals surface area contributed by atoms with Crippen molar-refractivity contribution in [2.24, 2.45) is 5.92 Å². The molecular weight excluding hydrogens is 384 g/mol. The fraction of sp³-hybridized carbons (Fsp3) is 0.636. The Hall–Kier alpha value is -2.32. The largest absolute Gasteiger partial charge is 0.504 e. The van der Waals surface area contributed by atoms with Crippen LogP contribution in [0, 0.1) is 5.92 Å². The molecule has 0 saturated heterocycles. The second-order valence-corrected chi connectivity index (χ2v) is 8.87. The number of hydrogen-bond donors (Lipinski definition) is 3. The number of hydrogen-bond acceptors (Lipinski definition) is 5. The second kappa shape index (κ2) is 12.4. The first-order chi connectivity index (χ1) is 14.0. The first kappa shape index (κ1) is 25.7. The Morgan fingerprint density at radius 2 is 1.70 bits per heavy atom. The number of benzene rings is 1. The molecule has 30 heavy (non-hydrogen) atoms. The lowest BCUT2D eigenvalue weighted by Crippen LogP contribution is -2.44. The third-order valence-electron chi connectivity index (χ3n) is 4.70. The van der Waals surface area contributed by atoms with Crippen molar-refractivity contribution >= 4 is 11.8 Å². The van der Waals surface area contributed by atoms with Crippen molar-refractivity contribution in [1.82, 2.24) is 15.5 Å². The number of carbonyl (C=O) groups is 2. The molecule has 1 rings (SSSR count). The number of nitrogens with zero attached hydrogens (tertiary/aromatic N) is 2. The normalized spacial score (nSPS) is 12.5. The smallest absolute Gasteiger partial charge is 0.232 e. The van der Waals surface area contributed by atoms with Crippen LogP contribution in [0.4, 0.5) is 0 Å². The molecule has 1 aromatic rings. The Morgan fingerprint density at radius 3 is 2.23 bits per heavy atom. The Labute approximate surface area is 180 Å². The van der Waals surface area contributed by atoms with Crippen LogP contribution < -0.4 is 15.4 Å². The van der Waals surface area contributed by atoms with Gasteiger partial charge in [0.2, 0.25) is 11.8 Å². The van der Waals surface area contributed by atoms with E-state index in [9.17, 15) is 14.7 Å². The van der Waals surface area contributed by atoms with Crippen LogP contribution in [0.3, 0.4) is 0 Å². The van der Waals surface area contributed by atoms with Crippen LogP contribution >= 0.6 is 0 Å². The highest BCUT2D eigenvalue weighted by atomic mass is 16.5. The van der Waals surface area contributed by atoms with Crippen LogP contribution in [-0.4, -0.2) is 94.8 Å². The molecule has 0 saturated carbocycles. The van der Waals surface area contributed by atoms with Crippen LogP contribution in [-0.2, 0) is 16.0 Å². The summed E-state index contributed by atoms with van der Waals surface area (Å²) in [6.45, 7) is 2.83. The van der Waals surface area contributed by atoms with Gasteiger partial charge in [-0.1, -0.05) is 6.07 Å². The maximum atomic E-state index is 12.8. The minimum atomic E-state index is -0.845. The number of nitrogens with one attached hydrogen (secondary N) is 2. The highest BCUT2D eigenvalue weighted by Crippen LogP contribution is 2.27. The molecule has 0 aliphatic carbocycles. The van der Waals surface area contributed by atoms with Gasteiger partial charge in [0.25, 0.3) is 0 Å². The Bertz CT molecular complexity index is 686. The van der Waals surface area contributed by atoms with Gasteiger partial charge in [-0.25, -0.2) is 0 Å².